The Hall–Kier alpha value is -2.58. The molecule has 2 amide bonds. The number of amides is 2. The summed E-state index contributed by atoms with van der Waals surface area (Å²) in [5, 5.41) is 10.4. The topological polar surface area (TPSA) is 87.2 Å². The lowest BCUT2D eigenvalue weighted by Gasteiger charge is -2.45. The molecule has 1 N–H and O–H groups in total. The Kier molecular flexibility index (Phi) is 7.72. The third-order valence-corrected chi connectivity index (χ3v) is 10.4. The van der Waals surface area contributed by atoms with Gasteiger partial charge in [0, 0.05) is 17.3 Å². The van der Waals surface area contributed by atoms with Gasteiger partial charge in [0.2, 0.25) is 11.8 Å². The summed E-state index contributed by atoms with van der Waals surface area (Å²) in [5.74, 6) is -2.27. The second-order valence-electron chi connectivity index (χ2n) is 13.3. The molecule has 0 saturated carbocycles. The molecule has 216 valence electrons. The van der Waals surface area contributed by atoms with Crippen LogP contribution in [-0.4, -0.2) is 74.0 Å². The maximum absolute atomic E-state index is 14.8. The lowest BCUT2D eigenvalue weighted by molar-refractivity contribution is -0.154. The summed E-state index contributed by atoms with van der Waals surface area (Å²) in [6, 6.07) is 7.78. The molecule has 0 bridgehead atoms. The zero-order chi connectivity index (χ0) is 28.9. The number of carbonyl (C=O) groups excluding carboxylic acids is 3. The van der Waals surface area contributed by atoms with E-state index in [0.29, 0.717) is 13.2 Å². The summed E-state index contributed by atoms with van der Waals surface area (Å²) >= 11 is 1.54. The van der Waals surface area contributed by atoms with E-state index >= 15 is 0 Å². The maximum atomic E-state index is 14.8. The summed E-state index contributed by atoms with van der Waals surface area (Å²) in [4.78, 5) is 46.5. The van der Waals surface area contributed by atoms with Gasteiger partial charge < -0.3 is 19.6 Å². The molecule has 0 aliphatic carbocycles. The first-order valence-corrected chi connectivity index (χ1v) is 15.3. The second-order valence-corrected chi connectivity index (χ2v) is 14.8. The number of hydrogen-bond acceptors (Lipinski definition) is 6. The first kappa shape index (κ1) is 28.9. The first-order valence-electron chi connectivity index (χ1n) is 14.4. The Bertz CT molecular complexity index is 1210. The molecule has 1 unspecified atom stereocenters. The molecule has 6 atom stereocenters. The smallest absolute Gasteiger partial charge is 0.311 e. The molecule has 4 heterocycles. The maximum Gasteiger partial charge on any atom is 0.311 e. The van der Waals surface area contributed by atoms with Crippen LogP contribution in [0, 0.1) is 17.3 Å². The molecule has 2 saturated heterocycles. The number of carbonyl (C=O) groups is 3. The first-order chi connectivity index (χ1) is 18.9. The molecule has 7 nitrogen and oxygen atoms in total. The average molecular weight is 567 g/mol. The number of benzene rings is 1. The SMILES string of the molecule is CC(C)(C)CC(C)(C)N1CC=C[C@]23S[C@@H]4/C=C\CCCOC(=O)[C@@H]4[C@H]2C(=O)N([C@H](CO)c2ccccc2)C3C1=O. The van der Waals surface area contributed by atoms with Crippen molar-refractivity contribution in [3.05, 3.63) is 60.2 Å². The van der Waals surface area contributed by atoms with Crippen molar-refractivity contribution in [2.75, 3.05) is 19.8 Å². The summed E-state index contributed by atoms with van der Waals surface area (Å²) in [5.41, 5.74) is 0.249. The van der Waals surface area contributed by atoms with Crippen LogP contribution in [0.3, 0.4) is 0 Å². The van der Waals surface area contributed by atoms with Gasteiger partial charge in [0.25, 0.3) is 0 Å². The highest BCUT2D eigenvalue weighted by molar-refractivity contribution is 8.02. The van der Waals surface area contributed by atoms with E-state index in [9.17, 15) is 19.5 Å². The van der Waals surface area contributed by atoms with E-state index in [1.54, 1.807) is 4.90 Å². The highest BCUT2D eigenvalue weighted by Gasteiger charge is 2.72. The summed E-state index contributed by atoms with van der Waals surface area (Å²) in [7, 11) is 0. The van der Waals surface area contributed by atoms with Crippen molar-refractivity contribution < 1.29 is 24.2 Å². The molecule has 1 aromatic carbocycles. The van der Waals surface area contributed by atoms with E-state index in [1.165, 1.54) is 11.8 Å². The molecular weight excluding hydrogens is 524 g/mol. The fraction of sp³-hybridized carbons (Fsp3) is 0.594. The number of thioether (sulfide) groups is 1. The van der Waals surface area contributed by atoms with E-state index < -0.39 is 34.2 Å². The number of ether oxygens (including phenoxy) is 1. The molecule has 0 aromatic heterocycles. The third-order valence-electron chi connectivity index (χ3n) is 8.68. The van der Waals surface area contributed by atoms with Crippen LogP contribution in [0.2, 0.25) is 0 Å². The van der Waals surface area contributed by atoms with Crippen molar-refractivity contribution in [3.63, 3.8) is 0 Å². The molecule has 4 aliphatic rings. The number of likely N-dealkylation sites (tertiary alicyclic amines) is 1. The van der Waals surface area contributed by atoms with E-state index in [0.717, 1.165) is 24.8 Å². The fourth-order valence-corrected chi connectivity index (χ4v) is 9.48. The zero-order valence-electron chi connectivity index (χ0n) is 24.2. The van der Waals surface area contributed by atoms with Crippen molar-refractivity contribution in [2.45, 2.75) is 81.5 Å². The lowest BCUT2D eigenvalue weighted by atomic mass is 9.78. The van der Waals surface area contributed by atoms with Crippen LogP contribution < -0.4 is 0 Å². The van der Waals surface area contributed by atoms with Gasteiger partial charge in [-0.3, -0.25) is 14.4 Å². The number of esters is 1. The zero-order valence-corrected chi connectivity index (χ0v) is 25.0. The Morgan fingerprint density at radius 1 is 1.07 bits per heavy atom. The van der Waals surface area contributed by atoms with E-state index in [1.807, 2.05) is 53.5 Å². The highest BCUT2D eigenvalue weighted by Crippen LogP contribution is 2.62. The highest BCUT2D eigenvalue weighted by atomic mass is 32.2. The summed E-state index contributed by atoms with van der Waals surface area (Å²) in [6.07, 6.45) is 10.4. The van der Waals surface area contributed by atoms with Crippen LogP contribution in [0.1, 0.15) is 65.5 Å². The molecule has 40 heavy (non-hydrogen) atoms. The van der Waals surface area contributed by atoms with E-state index in [2.05, 4.69) is 40.7 Å². The van der Waals surface area contributed by atoms with Crippen molar-refractivity contribution in [3.8, 4) is 0 Å². The molecular formula is C32H42N2O5S. The number of aliphatic hydroxyl groups is 1. The average Bonchev–Trinajstić information content (AvgIpc) is 3.28. The van der Waals surface area contributed by atoms with Gasteiger partial charge in [0.1, 0.15) is 6.04 Å². The van der Waals surface area contributed by atoms with Crippen molar-refractivity contribution in [1.29, 1.82) is 0 Å². The minimum Gasteiger partial charge on any atom is -0.465 e. The molecule has 1 spiro atoms. The second kappa shape index (κ2) is 10.7. The van der Waals surface area contributed by atoms with Gasteiger partial charge in [0.05, 0.1) is 35.8 Å². The Balaban J connectivity index is 1.66. The lowest BCUT2D eigenvalue weighted by Crippen LogP contribution is -2.59. The summed E-state index contributed by atoms with van der Waals surface area (Å²) in [6.45, 7) is 11.1. The Morgan fingerprint density at radius 2 is 1.80 bits per heavy atom. The minimum absolute atomic E-state index is 0.0243. The Morgan fingerprint density at radius 3 is 2.48 bits per heavy atom. The molecule has 4 aliphatic heterocycles. The normalized spacial score (nSPS) is 32.3. The van der Waals surface area contributed by atoms with Gasteiger partial charge in [-0.1, -0.05) is 75.4 Å². The number of allylic oxidation sites excluding steroid dienone is 1. The van der Waals surface area contributed by atoms with Crippen molar-refractivity contribution >= 4 is 29.5 Å². The van der Waals surface area contributed by atoms with Gasteiger partial charge >= 0.3 is 5.97 Å². The van der Waals surface area contributed by atoms with Gasteiger partial charge in [-0.05, 0) is 44.1 Å². The van der Waals surface area contributed by atoms with Crippen LogP contribution in [0.4, 0.5) is 0 Å². The van der Waals surface area contributed by atoms with Crippen molar-refractivity contribution in [2.24, 2.45) is 17.3 Å². The minimum atomic E-state index is -0.958. The quantitative estimate of drug-likeness (QED) is 0.417. The predicted octanol–water partition coefficient (Wildman–Crippen LogP) is 4.52. The van der Waals surface area contributed by atoms with E-state index in [4.69, 9.17) is 4.74 Å². The molecule has 1 aromatic rings. The molecule has 0 radical (unpaired) electrons. The van der Waals surface area contributed by atoms with Crippen LogP contribution in [0.15, 0.2) is 54.6 Å². The summed E-state index contributed by atoms with van der Waals surface area (Å²) < 4.78 is 4.72. The van der Waals surface area contributed by atoms with Gasteiger partial charge in [-0.15, -0.1) is 11.8 Å². The monoisotopic (exact) mass is 566 g/mol. The van der Waals surface area contributed by atoms with Gasteiger partial charge in [-0.2, -0.15) is 0 Å². The van der Waals surface area contributed by atoms with Crippen LogP contribution >= 0.6 is 11.8 Å². The van der Waals surface area contributed by atoms with Gasteiger partial charge in [-0.25, -0.2) is 0 Å². The van der Waals surface area contributed by atoms with Crippen LogP contribution in [0.5, 0.6) is 0 Å². The van der Waals surface area contributed by atoms with Crippen LogP contribution in [0.25, 0.3) is 0 Å². The predicted molar refractivity (Wildman–Crippen MR) is 156 cm³/mol. The molecule has 5 rings (SSSR count). The number of hydrogen-bond donors (Lipinski definition) is 1. The molecule has 2 fully saturated rings. The Labute approximate surface area is 242 Å². The largest absolute Gasteiger partial charge is 0.465 e. The van der Waals surface area contributed by atoms with Gasteiger partial charge in [0.15, 0.2) is 0 Å². The standard InChI is InChI=1S/C32H42N2O5S/c1-30(2,3)20-31(4,5)33-17-12-16-32-25(24-23(40-32)15-10-7-11-18-39-29(24)38)27(36)34(26(32)28(33)37)22(19-35)21-13-8-6-9-14-21/h6,8-10,12-16,22-26,35H,7,11,17-20H2,1-5H3/b15-10-/t22-,23-,24+,25+,26?,32+/m1/s1. The molecule has 8 heteroatoms. The number of rotatable bonds is 5. The number of aliphatic hydroxyl groups excluding tert-OH is 1. The third kappa shape index (κ3) is 4.91. The fourth-order valence-electron chi connectivity index (χ4n) is 7.50. The number of nitrogens with zero attached hydrogens (tertiary/aromatic N) is 2. The number of cyclic esters (lactones) is 1. The number of fused-ring (bicyclic) bond motifs is 2. The van der Waals surface area contributed by atoms with Crippen LogP contribution in [-0.2, 0) is 19.1 Å². The van der Waals surface area contributed by atoms with Crippen molar-refractivity contribution in [1.82, 2.24) is 9.80 Å². The van der Waals surface area contributed by atoms with E-state index in [-0.39, 0.29) is 35.1 Å².